The van der Waals surface area contributed by atoms with Gasteiger partial charge in [-0.3, -0.25) is 0 Å². The molecule has 3 aliphatic heterocycles. The molecule has 284 valence electrons. The summed E-state index contributed by atoms with van der Waals surface area (Å²) in [5.41, 5.74) is 2.69. The zero-order valence-corrected chi connectivity index (χ0v) is 32.3. The van der Waals surface area contributed by atoms with Crippen LogP contribution in [0.25, 0.3) is 27.1 Å². The van der Waals surface area contributed by atoms with Crippen molar-refractivity contribution in [3.8, 4) is 11.5 Å². The molecule has 0 aromatic heterocycles. The second-order valence-corrected chi connectivity index (χ2v) is 16.6. The van der Waals surface area contributed by atoms with Gasteiger partial charge in [0.15, 0.2) is 0 Å². The normalized spacial score (nSPS) is 15.0. The molecule has 13 heteroatoms. The zero-order chi connectivity index (χ0) is 38.8. The van der Waals surface area contributed by atoms with Crippen molar-refractivity contribution >= 4 is 78.1 Å². The predicted molar refractivity (Wildman–Crippen MR) is 208 cm³/mol. The number of fused-ring (bicyclic) bond motifs is 12. The first-order chi connectivity index (χ1) is 26.4. The zero-order valence-electron chi connectivity index (χ0n) is 30.0. The van der Waals surface area contributed by atoms with Gasteiger partial charge in [0.2, 0.25) is 5.36 Å². The van der Waals surface area contributed by atoms with E-state index in [1.54, 1.807) is 0 Å². The smallest absolute Gasteiger partial charge is 0.214 e. The predicted octanol–water partition coefficient (Wildman–Crippen LogP) is 4.31. The molecule has 0 bridgehead atoms. The third-order valence-electron chi connectivity index (χ3n) is 11.0. The lowest BCUT2D eigenvalue weighted by Gasteiger charge is -2.37. The minimum absolute atomic E-state index is 0.110. The van der Waals surface area contributed by atoms with Gasteiger partial charge in [0.05, 0.1) is 48.7 Å². The first kappa shape index (κ1) is 37.3. The largest absolute Gasteiger partial charge is 0.748 e. The molecular formula is C42H36Cl2N2O8S-2. The van der Waals surface area contributed by atoms with E-state index in [-0.39, 0.29) is 22.0 Å². The molecule has 0 unspecified atom stereocenters. The van der Waals surface area contributed by atoms with E-state index in [4.69, 9.17) is 27.9 Å². The van der Waals surface area contributed by atoms with Crippen molar-refractivity contribution in [2.45, 2.75) is 51.9 Å². The van der Waals surface area contributed by atoms with Gasteiger partial charge in [-0.2, -0.15) is 0 Å². The lowest BCUT2D eigenvalue weighted by Crippen LogP contribution is -2.41. The van der Waals surface area contributed by atoms with Crippen LogP contribution < -0.4 is 35.0 Å². The second-order valence-electron chi connectivity index (χ2n) is 14.3. The Kier molecular flexibility index (Phi) is 9.78. The van der Waals surface area contributed by atoms with Crippen LogP contribution in [0.4, 0.5) is 5.69 Å². The average Bonchev–Trinajstić information content (AvgIpc) is 3.16. The summed E-state index contributed by atoms with van der Waals surface area (Å²) in [6, 6.07) is 16.4. The van der Waals surface area contributed by atoms with Gasteiger partial charge in [0, 0.05) is 75.7 Å². The molecule has 0 aliphatic carbocycles. The first-order valence-electron chi connectivity index (χ1n) is 18.5. The van der Waals surface area contributed by atoms with Crippen LogP contribution in [0.3, 0.4) is 0 Å². The van der Waals surface area contributed by atoms with E-state index in [2.05, 4.69) is 16.4 Å². The van der Waals surface area contributed by atoms with E-state index in [0.29, 0.717) is 65.6 Å². The number of carboxylic acid groups (broad SMARTS) is 2. The molecule has 0 amide bonds. The van der Waals surface area contributed by atoms with E-state index in [9.17, 15) is 32.8 Å². The van der Waals surface area contributed by atoms with Gasteiger partial charge in [-0.25, -0.2) is 13.0 Å². The number of hydrogen-bond donors (Lipinski definition) is 0. The Labute approximate surface area is 327 Å². The topological polar surface area (TPSA) is 153 Å². The minimum Gasteiger partial charge on any atom is -0.748 e. The Morgan fingerprint density at radius 1 is 0.873 bits per heavy atom. The Balaban J connectivity index is 1.62. The fourth-order valence-corrected chi connectivity index (χ4v) is 9.93. The molecule has 0 saturated heterocycles. The highest BCUT2D eigenvalue weighted by atomic mass is 35.5. The average molecular weight is 800 g/mol. The molecule has 0 saturated carbocycles. The maximum absolute atomic E-state index is 13.2. The Morgan fingerprint density at radius 3 is 2.25 bits per heavy atom. The van der Waals surface area contributed by atoms with Gasteiger partial charge in [-0.15, -0.1) is 0 Å². The van der Waals surface area contributed by atoms with E-state index in [1.807, 2.05) is 48.5 Å². The number of carboxylic acids is 2. The van der Waals surface area contributed by atoms with E-state index < -0.39 is 38.9 Å². The molecule has 0 spiro atoms. The number of carbonyl (C=O) groups excluding carboxylic acids is 2. The highest BCUT2D eigenvalue weighted by Gasteiger charge is 2.37. The standard InChI is InChI=1S/C42H38Cl2N2O8S/c1-2-3-17-45-18-8-15-27-37(45)25-13-6-4-11-23(25)31-34(35-33(42(49)50)30(43)22-29(36(35)44)41(47)48)32-24-12-5-7-14-26(24)38-28(40(32)54-39(27)31)16-9-19-46(38)20-10-21-55(51,52)53/h4-7,11-14,22H,2-3,8-10,15-21H2,1H3,(H2-,47,48,49,50,51,52,53)/p-2. The summed E-state index contributed by atoms with van der Waals surface area (Å²) in [7, 11) is -4.43. The monoisotopic (exact) mass is 798 g/mol. The number of rotatable bonds is 10. The summed E-state index contributed by atoms with van der Waals surface area (Å²) < 4.78 is 44.1. The third-order valence-corrected chi connectivity index (χ3v) is 12.5. The van der Waals surface area contributed by atoms with Crippen LogP contribution in [0.2, 0.25) is 10.0 Å². The number of anilines is 1. The molecule has 5 aromatic rings. The lowest BCUT2D eigenvalue weighted by atomic mass is 9.80. The summed E-state index contributed by atoms with van der Waals surface area (Å²) in [6.07, 6.45) is 4.88. The molecule has 3 aliphatic rings. The Morgan fingerprint density at radius 2 is 1.56 bits per heavy atom. The van der Waals surface area contributed by atoms with Crippen LogP contribution in [-0.4, -0.2) is 56.8 Å². The molecule has 0 N–H and O–H groups in total. The van der Waals surface area contributed by atoms with Crippen molar-refractivity contribution in [3.05, 3.63) is 109 Å². The van der Waals surface area contributed by atoms with Crippen molar-refractivity contribution in [1.82, 2.24) is 4.58 Å². The number of ether oxygens (including phenoxy) is 1. The highest BCUT2D eigenvalue weighted by molar-refractivity contribution is 7.85. The van der Waals surface area contributed by atoms with Crippen LogP contribution in [0.1, 0.15) is 82.0 Å². The number of unbranched alkanes of at least 4 members (excludes halogenated alkanes) is 1. The van der Waals surface area contributed by atoms with Crippen LogP contribution in [-0.2, 0) is 23.0 Å². The van der Waals surface area contributed by atoms with E-state index >= 15 is 0 Å². The summed E-state index contributed by atoms with van der Waals surface area (Å²) in [5.74, 6) is -2.77. The summed E-state index contributed by atoms with van der Waals surface area (Å²) >= 11 is 13.7. The number of nitrogens with zero attached hydrogens (tertiary/aromatic N) is 2. The number of carbonyl (C=O) groups is 2. The fourth-order valence-electron chi connectivity index (χ4n) is 8.84. The molecule has 8 rings (SSSR count). The van der Waals surface area contributed by atoms with Crippen LogP contribution in [0.5, 0.6) is 11.5 Å². The van der Waals surface area contributed by atoms with E-state index in [0.717, 1.165) is 76.7 Å². The van der Waals surface area contributed by atoms with Gasteiger partial charge in [-0.1, -0.05) is 79.0 Å². The van der Waals surface area contributed by atoms with Crippen LogP contribution in [0.15, 0.2) is 54.6 Å². The van der Waals surface area contributed by atoms with Crippen molar-refractivity contribution in [1.29, 1.82) is 0 Å². The fraction of sp³-hybridized carbons (Fsp3) is 0.310. The highest BCUT2D eigenvalue weighted by Crippen LogP contribution is 2.52. The maximum Gasteiger partial charge on any atom is 0.214 e. The minimum atomic E-state index is -4.43. The first-order valence-corrected chi connectivity index (χ1v) is 20.8. The van der Waals surface area contributed by atoms with Gasteiger partial charge < -0.3 is 34.0 Å². The van der Waals surface area contributed by atoms with Gasteiger partial charge in [0.25, 0.3) is 0 Å². The van der Waals surface area contributed by atoms with Crippen molar-refractivity contribution < 1.29 is 37.5 Å². The molecule has 55 heavy (non-hydrogen) atoms. The van der Waals surface area contributed by atoms with Gasteiger partial charge >= 0.3 is 0 Å². The molecule has 0 atom stereocenters. The van der Waals surface area contributed by atoms with Crippen molar-refractivity contribution in [3.63, 3.8) is 0 Å². The van der Waals surface area contributed by atoms with Gasteiger partial charge in [-0.05, 0) is 48.6 Å². The molecule has 0 fully saturated rings. The quantitative estimate of drug-likeness (QED) is 0.146. The van der Waals surface area contributed by atoms with Crippen LogP contribution >= 0.6 is 23.2 Å². The summed E-state index contributed by atoms with van der Waals surface area (Å²) in [5, 5.41) is 29.5. The lowest BCUT2D eigenvalue weighted by molar-refractivity contribution is -0.256. The second kappa shape index (κ2) is 14.4. The Bertz CT molecular complexity index is 2730. The summed E-state index contributed by atoms with van der Waals surface area (Å²) in [6.45, 7) is 4.75. The van der Waals surface area contributed by atoms with Crippen molar-refractivity contribution in [2.24, 2.45) is 0 Å². The number of hydrogen-bond acceptors (Lipinski definition) is 9. The van der Waals surface area contributed by atoms with Crippen molar-refractivity contribution in [2.75, 3.05) is 36.8 Å². The van der Waals surface area contributed by atoms with Gasteiger partial charge in [0.1, 0.15) is 24.6 Å². The maximum atomic E-state index is 13.2. The van der Waals surface area contributed by atoms with Crippen LogP contribution in [0, 0.1) is 0 Å². The Hall–Kier alpha value is -4.68. The number of benzene rings is 5. The summed E-state index contributed by atoms with van der Waals surface area (Å²) in [4.78, 5) is 28.1. The molecule has 5 aromatic carbocycles. The number of halogens is 2. The molecule has 0 radical (unpaired) electrons. The third kappa shape index (κ3) is 6.31. The molecule has 3 heterocycles. The SMILES string of the molecule is CCCCN1CCCc2c3c(c4ccccc4c21)C(c1c(Cl)c(C(=O)[O-])cc(Cl)c1C(=O)[O-])=c1c(c2c(c4ccccc14)=[N+](CCCS(=O)(=O)[O-])CCC2)O3. The molecular weight excluding hydrogens is 763 g/mol. The van der Waals surface area contributed by atoms with E-state index in [1.165, 1.54) is 0 Å². The molecule has 10 nitrogen and oxygen atoms in total. The number of aromatic carboxylic acids is 2.